The van der Waals surface area contributed by atoms with Crippen molar-refractivity contribution in [2.45, 2.75) is 0 Å². The maximum absolute atomic E-state index is 13.0. The molecule has 1 aromatic carbocycles. The minimum atomic E-state index is -1.15. The lowest BCUT2D eigenvalue weighted by Gasteiger charge is -2.10. The third-order valence-corrected chi connectivity index (χ3v) is 2.82. The second kappa shape index (κ2) is 5.42. The highest BCUT2D eigenvalue weighted by Crippen LogP contribution is 2.33. The summed E-state index contributed by atoms with van der Waals surface area (Å²) in [4.78, 5) is 14.6. The number of rotatable bonds is 3. The molecule has 7 heteroatoms. The molecule has 0 aliphatic heterocycles. The number of nitrogens with one attached hydrogen (secondary N) is 1. The molecule has 0 unspecified atom stereocenters. The lowest BCUT2D eigenvalue weighted by Crippen LogP contribution is -2.03. The summed E-state index contributed by atoms with van der Waals surface area (Å²) in [7, 11) is 0. The highest BCUT2D eigenvalue weighted by atomic mass is 35.5. The van der Waals surface area contributed by atoms with Gasteiger partial charge in [-0.25, -0.2) is 14.2 Å². The van der Waals surface area contributed by atoms with Crippen molar-refractivity contribution in [1.82, 2.24) is 4.98 Å². The summed E-state index contributed by atoms with van der Waals surface area (Å²) in [6.45, 7) is 0. The van der Waals surface area contributed by atoms with Crippen molar-refractivity contribution in [3.05, 3.63) is 51.9 Å². The molecule has 0 saturated heterocycles. The molecule has 0 fully saturated rings. The Morgan fingerprint density at radius 1 is 1.26 bits per heavy atom. The fourth-order valence-corrected chi connectivity index (χ4v) is 1.97. The van der Waals surface area contributed by atoms with Crippen LogP contribution < -0.4 is 5.32 Å². The van der Waals surface area contributed by atoms with E-state index in [1.54, 1.807) is 6.07 Å². The van der Waals surface area contributed by atoms with E-state index < -0.39 is 11.8 Å². The standard InChI is InChI=1S/C12H7Cl2FN2O2/c13-7-4-6(15)5-8(14)11(7)17-10-3-1-2-9(16-10)12(18)19/h1-5H,(H,16,17)(H,18,19). The molecule has 1 heterocycles. The van der Waals surface area contributed by atoms with Crippen LogP contribution in [0.25, 0.3) is 0 Å². The third-order valence-electron chi connectivity index (χ3n) is 2.23. The van der Waals surface area contributed by atoms with Crippen LogP contribution in [0.15, 0.2) is 30.3 Å². The lowest BCUT2D eigenvalue weighted by atomic mass is 10.3. The zero-order valence-corrected chi connectivity index (χ0v) is 10.8. The predicted octanol–water partition coefficient (Wildman–Crippen LogP) is 3.97. The van der Waals surface area contributed by atoms with Crippen LogP contribution in [0.3, 0.4) is 0 Å². The van der Waals surface area contributed by atoms with Gasteiger partial charge in [0.15, 0.2) is 5.69 Å². The van der Waals surface area contributed by atoms with Crippen LogP contribution in [0.2, 0.25) is 10.0 Å². The summed E-state index contributed by atoms with van der Waals surface area (Å²) in [6, 6.07) is 6.60. The van der Waals surface area contributed by atoms with Crippen molar-refractivity contribution in [3.8, 4) is 0 Å². The number of aromatic carboxylic acids is 1. The molecule has 19 heavy (non-hydrogen) atoms. The molecule has 2 rings (SSSR count). The third kappa shape index (κ3) is 3.13. The van der Waals surface area contributed by atoms with Crippen molar-refractivity contribution < 1.29 is 14.3 Å². The molecule has 0 radical (unpaired) electrons. The molecule has 4 nitrogen and oxygen atoms in total. The van der Waals surface area contributed by atoms with E-state index in [2.05, 4.69) is 10.3 Å². The Bertz CT molecular complexity index is 626. The van der Waals surface area contributed by atoms with Gasteiger partial charge in [0.2, 0.25) is 0 Å². The van der Waals surface area contributed by atoms with Crippen LogP contribution in [0.1, 0.15) is 10.5 Å². The average Bonchev–Trinajstić information content (AvgIpc) is 2.34. The minimum Gasteiger partial charge on any atom is -0.477 e. The van der Waals surface area contributed by atoms with Gasteiger partial charge in [0.05, 0.1) is 15.7 Å². The van der Waals surface area contributed by atoms with E-state index in [1.807, 2.05) is 0 Å². The van der Waals surface area contributed by atoms with Gasteiger partial charge in [0.25, 0.3) is 0 Å². The monoisotopic (exact) mass is 300 g/mol. The molecule has 0 atom stereocenters. The Hall–Kier alpha value is -1.85. The van der Waals surface area contributed by atoms with Crippen LogP contribution in [0.5, 0.6) is 0 Å². The van der Waals surface area contributed by atoms with Crippen LogP contribution in [0.4, 0.5) is 15.9 Å². The van der Waals surface area contributed by atoms with Crippen LogP contribution in [0, 0.1) is 5.82 Å². The van der Waals surface area contributed by atoms with Crippen LogP contribution in [-0.2, 0) is 0 Å². The van der Waals surface area contributed by atoms with E-state index >= 15 is 0 Å². The normalized spacial score (nSPS) is 10.3. The smallest absolute Gasteiger partial charge is 0.354 e. The molecule has 0 spiro atoms. The summed E-state index contributed by atoms with van der Waals surface area (Å²) < 4.78 is 13.0. The molecule has 0 bridgehead atoms. The number of halogens is 3. The fourth-order valence-electron chi connectivity index (χ4n) is 1.41. The summed E-state index contributed by atoms with van der Waals surface area (Å²) >= 11 is 11.7. The Morgan fingerprint density at radius 2 is 1.89 bits per heavy atom. The molecular weight excluding hydrogens is 294 g/mol. The minimum absolute atomic E-state index is 0.0764. The van der Waals surface area contributed by atoms with Crippen LogP contribution in [-0.4, -0.2) is 16.1 Å². The quantitative estimate of drug-likeness (QED) is 0.900. The largest absolute Gasteiger partial charge is 0.477 e. The van der Waals surface area contributed by atoms with Crippen molar-refractivity contribution in [3.63, 3.8) is 0 Å². The molecule has 0 amide bonds. The van der Waals surface area contributed by atoms with E-state index in [9.17, 15) is 9.18 Å². The van der Waals surface area contributed by atoms with E-state index in [-0.39, 0.29) is 27.2 Å². The number of hydrogen-bond donors (Lipinski definition) is 2. The van der Waals surface area contributed by atoms with Gasteiger partial charge in [0.1, 0.15) is 11.6 Å². The van der Waals surface area contributed by atoms with Crippen molar-refractivity contribution >= 4 is 40.7 Å². The number of carboxylic acid groups (broad SMARTS) is 1. The van der Waals surface area contributed by atoms with Gasteiger partial charge >= 0.3 is 5.97 Å². The molecule has 98 valence electrons. The number of pyridine rings is 1. The Morgan fingerprint density at radius 3 is 2.47 bits per heavy atom. The van der Waals surface area contributed by atoms with Crippen LogP contribution >= 0.6 is 23.2 Å². The Balaban J connectivity index is 2.36. The van der Waals surface area contributed by atoms with Gasteiger partial charge in [-0.2, -0.15) is 0 Å². The molecule has 2 aromatic rings. The molecule has 2 N–H and O–H groups in total. The number of aromatic nitrogens is 1. The van der Waals surface area contributed by atoms with Gasteiger partial charge in [-0.3, -0.25) is 0 Å². The Kier molecular flexibility index (Phi) is 3.87. The first kappa shape index (κ1) is 13.6. The second-order valence-electron chi connectivity index (χ2n) is 3.58. The summed E-state index contributed by atoms with van der Waals surface area (Å²) in [6.07, 6.45) is 0. The number of anilines is 2. The van der Waals surface area contributed by atoms with Gasteiger partial charge in [0, 0.05) is 0 Å². The maximum Gasteiger partial charge on any atom is 0.354 e. The highest BCUT2D eigenvalue weighted by molar-refractivity contribution is 6.39. The fraction of sp³-hybridized carbons (Fsp3) is 0. The number of nitrogens with zero attached hydrogens (tertiary/aromatic N) is 1. The molecular formula is C12H7Cl2FN2O2. The van der Waals surface area contributed by atoms with E-state index in [4.69, 9.17) is 28.3 Å². The van der Waals surface area contributed by atoms with E-state index in [0.717, 1.165) is 12.1 Å². The van der Waals surface area contributed by atoms with Crippen molar-refractivity contribution in [1.29, 1.82) is 0 Å². The van der Waals surface area contributed by atoms with E-state index in [0.29, 0.717) is 0 Å². The Labute approximate surface area is 117 Å². The molecule has 1 aromatic heterocycles. The predicted molar refractivity (Wildman–Crippen MR) is 70.9 cm³/mol. The molecule has 0 aliphatic carbocycles. The lowest BCUT2D eigenvalue weighted by molar-refractivity contribution is 0.0690. The zero-order chi connectivity index (χ0) is 14.0. The number of benzene rings is 1. The topological polar surface area (TPSA) is 62.2 Å². The zero-order valence-electron chi connectivity index (χ0n) is 9.32. The molecule has 0 aliphatic rings. The average molecular weight is 301 g/mol. The molecule has 0 saturated carbocycles. The van der Waals surface area contributed by atoms with Crippen molar-refractivity contribution in [2.75, 3.05) is 5.32 Å². The van der Waals surface area contributed by atoms with Gasteiger partial charge in [-0.05, 0) is 24.3 Å². The number of carbonyl (C=O) groups is 1. The maximum atomic E-state index is 13.0. The first-order valence-corrected chi connectivity index (χ1v) is 5.85. The SMILES string of the molecule is O=C(O)c1cccc(Nc2c(Cl)cc(F)cc2Cl)n1. The van der Waals surface area contributed by atoms with E-state index in [1.165, 1.54) is 12.1 Å². The number of carboxylic acids is 1. The van der Waals surface area contributed by atoms with Gasteiger partial charge in [-0.1, -0.05) is 29.3 Å². The first-order valence-electron chi connectivity index (χ1n) is 5.09. The summed E-state index contributed by atoms with van der Waals surface area (Å²) in [5.74, 6) is -1.47. The second-order valence-corrected chi connectivity index (χ2v) is 4.40. The van der Waals surface area contributed by atoms with Gasteiger partial charge in [-0.15, -0.1) is 0 Å². The first-order chi connectivity index (χ1) is 8.97. The van der Waals surface area contributed by atoms with Crippen molar-refractivity contribution in [2.24, 2.45) is 0 Å². The summed E-state index contributed by atoms with van der Waals surface area (Å²) in [5.41, 5.74) is 0.138. The van der Waals surface area contributed by atoms with Gasteiger partial charge < -0.3 is 10.4 Å². The highest BCUT2D eigenvalue weighted by Gasteiger charge is 2.11. The number of hydrogen-bond acceptors (Lipinski definition) is 3. The summed E-state index contributed by atoms with van der Waals surface area (Å²) in [5, 5.41) is 11.7.